The molecule has 0 spiro atoms. The predicted octanol–water partition coefficient (Wildman–Crippen LogP) is 5.55. The quantitative estimate of drug-likeness (QED) is 0.369. The first-order valence-corrected chi connectivity index (χ1v) is 10.6. The van der Waals surface area contributed by atoms with Gasteiger partial charge in [0.1, 0.15) is 11.5 Å². The van der Waals surface area contributed by atoms with Crippen molar-refractivity contribution >= 4 is 11.8 Å². The van der Waals surface area contributed by atoms with Gasteiger partial charge in [0.05, 0.1) is 25.5 Å². The summed E-state index contributed by atoms with van der Waals surface area (Å²) in [4.78, 5) is 0. The monoisotopic (exact) mass is 417 g/mol. The van der Waals surface area contributed by atoms with Gasteiger partial charge in [-0.15, -0.1) is 10.2 Å². The van der Waals surface area contributed by atoms with Crippen LogP contribution in [0.5, 0.6) is 11.5 Å². The van der Waals surface area contributed by atoms with Crippen LogP contribution in [0, 0.1) is 6.92 Å². The summed E-state index contributed by atoms with van der Waals surface area (Å²) in [5.74, 6) is 3.16. The summed E-state index contributed by atoms with van der Waals surface area (Å²) in [7, 11) is 3.35. The van der Waals surface area contributed by atoms with Crippen molar-refractivity contribution in [1.29, 1.82) is 0 Å². The third kappa shape index (κ3) is 4.04. The van der Waals surface area contributed by atoms with E-state index in [1.807, 2.05) is 48.5 Å². The molecular formula is C24H23N3O2S. The van der Waals surface area contributed by atoms with Crippen molar-refractivity contribution in [3.8, 4) is 28.6 Å². The number of hydrogen-bond donors (Lipinski definition) is 0. The molecule has 6 heteroatoms. The number of methoxy groups -OCH3 is 2. The van der Waals surface area contributed by atoms with E-state index in [-0.39, 0.29) is 0 Å². The molecule has 0 aliphatic heterocycles. The largest absolute Gasteiger partial charge is 0.497 e. The van der Waals surface area contributed by atoms with Gasteiger partial charge in [-0.05, 0) is 48.4 Å². The van der Waals surface area contributed by atoms with Gasteiger partial charge in [0.2, 0.25) is 0 Å². The predicted molar refractivity (Wildman–Crippen MR) is 121 cm³/mol. The van der Waals surface area contributed by atoms with E-state index in [9.17, 15) is 0 Å². The molecular weight excluding hydrogens is 394 g/mol. The minimum atomic E-state index is 0.763. The topological polar surface area (TPSA) is 49.2 Å². The highest BCUT2D eigenvalue weighted by Gasteiger charge is 2.20. The molecule has 0 unspecified atom stereocenters. The van der Waals surface area contributed by atoms with E-state index in [0.29, 0.717) is 0 Å². The lowest BCUT2D eigenvalue weighted by molar-refractivity contribution is 0.414. The zero-order valence-corrected chi connectivity index (χ0v) is 18.0. The highest BCUT2D eigenvalue weighted by atomic mass is 32.2. The van der Waals surface area contributed by atoms with E-state index in [4.69, 9.17) is 9.47 Å². The Balaban J connectivity index is 1.75. The number of hydrogen-bond acceptors (Lipinski definition) is 5. The van der Waals surface area contributed by atoms with Gasteiger partial charge in [0, 0.05) is 5.75 Å². The summed E-state index contributed by atoms with van der Waals surface area (Å²) in [5, 5.41) is 9.91. The number of benzene rings is 3. The van der Waals surface area contributed by atoms with Crippen molar-refractivity contribution in [2.75, 3.05) is 14.2 Å². The standard InChI is InChI=1S/C24H23N3O2S/c1-17-8-4-6-10-21(17)27-23(20-9-5-7-11-22(20)29-3)25-26-24(27)30-16-18-12-14-19(28-2)15-13-18/h4-15H,16H2,1-3H3. The van der Waals surface area contributed by atoms with E-state index < -0.39 is 0 Å². The lowest BCUT2D eigenvalue weighted by atomic mass is 10.1. The fraction of sp³-hybridized carbons (Fsp3) is 0.167. The molecule has 0 fully saturated rings. The zero-order valence-electron chi connectivity index (χ0n) is 17.2. The fourth-order valence-corrected chi connectivity index (χ4v) is 4.17. The smallest absolute Gasteiger partial charge is 0.196 e. The summed E-state index contributed by atoms with van der Waals surface area (Å²) < 4.78 is 12.9. The Kier molecular flexibility index (Phi) is 6.05. The molecule has 0 saturated heterocycles. The summed E-state index contributed by atoms with van der Waals surface area (Å²) in [5.41, 5.74) is 4.31. The van der Waals surface area contributed by atoms with Crippen molar-refractivity contribution in [3.63, 3.8) is 0 Å². The third-order valence-electron chi connectivity index (χ3n) is 4.86. The molecule has 0 amide bonds. The summed E-state index contributed by atoms with van der Waals surface area (Å²) in [6, 6.07) is 24.2. The lowest BCUT2D eigenvalue weighted by Gasteiger charge is -2.14. The van der Waals surface area contributed by atoms with Crippen LogP contribution in [0.15, 0.2) is 78.0 Å². The van der Waals surface area contributed by atoms with Crippen LogP contribution in [0.25, 0.3) is 17.1 Å². The first-order valence-electron chi connectivity index (χ1n) is 9.62. The maximum atomic E-state index is 5.58. The lowest BCUT2D eigenvalue weighted by Crippen LogP contribution is -2.02. The van der Waals surface area contributed by atoms with Gasteiger partial charge in [0.15, 0.2) is 11.0 Å². The Morgan fingerprint density at radius 3 is 2.30 bits per heavy atom. The van der Waals surface area contributed by atoms with Crippen LogP contribution in [0.1, 0.15) is 11.1 Å². The molecule has 3 aromatic carbocycles. The normalized spacial score (nSPS) is 10.8. The molecule has 1 heterocycles. The third-order valence-corrected chi connectivity index (χ3v) is 5.86. The SMILES string of the molecule is COc1ccc(CSc2nnc(-c3ccccc3OC)n2-c2ccccc2C)cc1. The maximum Gasteiger partial charge on any atom is 0.196 e. The van der Waals surface area contributed by atoms with Gasteiger partial charge in [-0.25, -0.2) is 0 Å². The molecule has 30 heavy (non-hydrogen) atoms. The second-order valence-corrected chi connectivity index (χ2v) is 7.71. The molecule has 0 aliphatic rings. The number of aromatic nitrogens is 3. The van der Waals surface area contributed by atoms with Gasteiger partial charge < -0.3 is 9.47 Å². The Labute approximate surface area is 180 Å². The van der Waals surface area contributed by atoms with Crippen LogP contribution >= 0.6 is 11.8 Å². The van der Waals surface area contributed by atoms with Crippen molar-refractivity contribution in [2.45, 2.75) is 17.8 Å². The van der Waals surface area contributed by atoms with Crippen molar-refractivity contribution < 1.29 is 9.47 Å². The van der Waals surface area contributed by atoms with E-state index in [0.717, 1.165) is 45.0 Å². The molecule has 1 aromatic heterocycles. The van der Waals surface area contributed by atoms with E-state index >= 15 is 0 Å². The maximum absolute atomic E-state index is 5.58. The Bertz CT molecular complexity index is 1140. The van der Waals surface area contributed by atoms with Crippen molar-refractivity contribution in [2.24, 2.45) is 0 Å². The van der Waals surface area contributed by atoms with Gasteiger partial charge in [0.25, 0.3) is 0 Å². The molecule has 4 rings (SSSR count). The highest BCUT2D eigenvalue weighted by Crippen LogP contribution is 2.34. The van der Waals surface area contributed by atoms with E-state index in [2.05, 4.69) is 46.0 Å². The second-order valence-electron chi connectivity index (χ2n) is 6.77. The van der Waals surface area contributed by atoms with Crippen molar-refractivity contribution in [1.82, 2.24) is 14.8 Å². The Hall–Kier alpha value is -3.25. The van der Waals surface area contributed by atoms with Crippen LogP contribution in [0.3, 0.4) is 0 Å². The minimum absolute atomic E-state index is 0.763. The van der Waals surface area contributed by atoms with Gasteiger partial charge in [-0.1, -0.05) is 54.2 Å². The Morgan fingerprint density at radius 1 is 0.833 bits per heavy atom. The molecule has 0 aliphatic carbocycles. The molecule has 0 atom stereocenters. The molecule has 0 bridgehead atoms. The number of rotatable bonds is 7. The number of nitrogens with zero attached hydrogens (tertiary/aromatic N) is 3. The number of aryl methyl sites for hydroxylation is 1. The number of para-hydroxylation sites is 2. The van der Waals surface area contributed by atoms with Gasteiger partial charge >= 0.3 is 0 Å². The minimum Gasteiger partial charge on any atom is -0.497 e. The fourth-order valence-electron chi connectivity index (χ4n) is 3.27. The first-order chi connectivity index (χ1) is 14.7. The Morgan fingerprint density at radius 2 is 1.57 bits per heavy atom. The van der Waals surface area contributed by atoms with Gasteiger partial charge in [-0.3, -0.25) is 4.57 Å². The van der Waals surface area contributed by atoms with Gasteiger partial charge in [-0.2, -0.15) is 0 Å². The van der Waals surface area contributed by atoms with Crippen LogP contribution in [-0.2, 0) is 5.75 Å². The van der Waals surface area contributed by atoms with Crippen LogP contribution < -0.4 is 9.47 Å². The molecule has 5 nitrogen and oxygen atoms in total. The number of ether oxygens (including phenoxy) is 2. The van der Waals surface area contributed by atoms with Crippen LogP contribution in [-0.4, -0.2) is 29.0 Å². The van der Waals surface area contributed by atoms with Crippen molar-refractivity contribution in [3.05, 3.63) is 83.9 Å². The molecule has 0 N–H and O–H groups in total. The summed E-state index contributed by atoms with van der Waals surface area (Å²) in [6.07, 6.45) is 0. The zero-order chi connectivity index (χ0) is 20.9. The average Bonchev–Trinajstić information content (AvgIpc) is 3.21. The molecule has 0 saturated carbocycles. The molecule has 152 valence electrons. The number of thioether (sulfide) groups is 1. The molecule has 0 radical (unpaired) electrons. The van der Waals surface area contributed by atoms with E-state index in [1.165, 1.54) is 5.56 Å². The van der Waals surface area contributed by atoms with E-state index in [1.54, 1.807) is 26.0 Å². The average molecular weight is 418 g/mol. The van der Waals surface area contributed by atoms with Crippen LogP contribution in [0.2, 0.25) is 0 Å². The summed E-state index contributed by atoms with van der Waals surface area (Å²) in [6.45, 7) is 2.10. The highest BCUT2D eigenvalue weighted by molar-refractivity contribution is 7.98. The first kappa shape index (κ1) is 20.0. The summed E-state index contributed by atoms with van der Waals surface area (Å²) >= 11 is 1.65. The second kappa shape index (κ2) is 9.05. The molecule has 4 aromatic rings. The van der Waals surface area contributed by atoms with Crippen LogP contribution in [0.4, 0.5) is 0 Å².